The first-order chi connectivity index (χ1) is 10.4. The van der Waals surface area contributed by atoms with Crippen molar-refractivity contribution in [2.75, 3.05) is 17.2 Å². The Kier molecular flexibility index (Phi) is 4.81. The first kappa shape index (κ1) is 16.0. The van der Waals surface area contributed by atoms with Crippen LogP contribution in [0.25, 0.3) is 0 Å². The Bertz CT molecular complexity index is 645. The molecule has 0 bridgehead atoms. The summed E-state index contributed by atoms with van der Waals surface area (Å²) in [5, 5.41) is 5.57. The summed E-state index contributed by atoms with van der Waals surface area (Å²) < 4.78 is 13.4. The number of nitrogens with one attached hydrogen (secondary N) is 2. The molecule has 0 saturated carbocycles. The largest absolute Gasteiger partial charge is 0.374 e. The Morgan fingerprint density at radius 3 is 2.27 bits per heavy atom. The molecule has 2 aromatic rings. The molecule has 2 aromatic carbocycles. The maximum absolute atomic E-state index is 13.4. The van der Waals surface area contributed by atoms with Crippen LogP contribution in [0.4, 0.5) is 15.8 Å². The quantitative estimate of drug-likeness (QED) is 0.889. The van der Waals surface area contributed by atoms with Crippen molar-refractivity contribution in [2.45, 2.75) is 26.2 Å². The highest BCUT2D eigenvalue weighted by molar-refractivity contribution is 5.93. The first-order valence-electron chi connectivity index (χ1n) is 7.25. The molecule has 116 valence electrons. The van der Waals surface area contributed by atoms with Gasteiger partial charge in [-0.05, 0) is 35.2 Å². The van der Waals surface area contributed by atoms with E-state index in [2.05, 4.69) is 31.4 Å². The Morgan fingerprint density at radius 1 is 1.05 bits per heavy atom. The number of rotatable bonds is 4. The van der Waals surface area contributed by atoms with Crippen molar-refractivity contribution < 1.29 is 9.18 Å². The van der Waals surface area contributed by atoms with Gasteiger partial charge in [0.25, 0.3) is 0 Å². The van der Waals surface area contributed by atoms with E-state index in [-0.39, 0.29) is 23.7 Å². The summed E-state index contributed by atoms with van der Waals surface area (Å²) in [5.41, 5.74) is 2.33. The van der Waals surface area contributed by atoms with Crippen molar-refractivity contribution in [2.24, 2.45) is 0 Å². The summed E-state index contributed by atoms with van der Waals surface area (Å²) in [6.45, 7) is 6.43. The normalized spacial score (nSPS) is 11.1. The van der Waals surface area contributed by atoms with Crippen molar-refractivity contribution in [3.05, 3.63) is 59.9 Å². The molecule has 0 aromatic heterocycles. The third-order valence-electron chi connectivity index (χ3n) is 3.35. The highest BCUT2D eigenvalue weighted by Crippen LogP contribution is 2.23. The van der Waals surface area contributed by atoms with Crippen molar-refractivity contribution in [3.63, 3.8) is 0 Å². The summed E-state index contributed by atoms with van der Waals surface area (Å²) in [6, 6.07) is 14.0. The number of hydrogen-bond acceptors (Lipinski definition) is 2. The van der Waals surface area contributed by atoms with Crippen LogP contribution < -0.4 is 10.6 Å². The minimum Gasteiger partial charge on any atom is -0.374 e. The molecule has 22 heavy (non-hydrogen) atoms. The minimum atomic E-state index is -0.371. The Morgan fingerprint density at radius 2 is 1.68 bits per heavy atom. The molecule has 3 nitrogen and oxygen atoms in total. The maximum atomic E-state index is 13.4. The van der Waals surface area contributed by atoms with E-state index in [1.807, 2.05) is 24.3 Å². The lowest BCUT2D eigenvalue weighted by Gasteiger charge is -2.19. The van der Waals surface area contributed by atoms with Gasteiger partial charge >= 0.3 is 0 Å². The predicted molar refractivity (Wildman–Crippen MR) is 88.7 cm³/mol. The molecule has 0 saturated heterocycles. The number of hydrogen-bond donors (Lipinski definition) is 2. The van der Waals surface area contributed by atoms with Crippen LogP contribution in [0.5, 0.6) is 0 Å². The Hall–Kier alpha value is -2.36. The van der Waals surface area contributed by atoms with Gasteiger partial charge in [0, 0.05) is 5.69 Å². The highest BCUT2D eigenvalue weighted by Gasteiger charge is 2.13. The molecule has 0 heterocycles. The van der Waals surface area contributed by atoms with Crippen LogP contribution >= 0.6 is 0 Å². The van der Waals surface area contributed by atoms with E-state index in [1.54, 1.807) is 18.2 Å². The lowest BCUT2D eigenvalue weighted by Crippen LogP contribution is -2.22. The molecule has 1 amide bonds. The Balaban J connectivity index is 1.91. The molecular weight excluding hydrogens is 279 g/mol. The summed E-state index contributed by atoms with van der Waals surface area (Å²) in [5.74, 6) is -0.586. The average Bonchev–Trinajstić information content (AvgIpc) is 2.46. The fourth-order valence-electron chi connectivity index (χ4n) is 2.04. The van der Waals surface area contributed by atoms with Gasteiger partial charge < -0.3 is 10.6 Å². The van der Waals surface area contributed by atoms with Gasteiger partial charge in [0.15, 0.2) is 0 Å². The van der Waals surface area contributed by atoms with Gasteiger partial charge in [0.1, 0.15) is 5.82 Å². The SMILES string of the molecule is CC(C)(C)c1ccc(NC(=O)CNc2ccccc2F)cc1. The minimum absolute atomic E-state index is 0.0158. The van der Waals surface area contributed by atoms with E-state index in [0.717, 1.165) is 5.69 Å². The van der Waals surface area contributed by atoms with Crippen LogP contribution in [0.2, 0.25) is 0 Å². The van der Waals surface area contributed by atoms with Crippen LogP contribution in [-0.2, 0) is 10.2 Å². The zero-order chi connectivity index (χ0) is 16.2. The number of carbonyl (C=O) groups excluding carboxylic acids is 1. The van der Waals surface area contributed by atoms with Crippen LogP contribution in [0.1, 0.15) is 26.3 Å². The molecule has 0 fully saturated rings. The second kappa shape index (κ2) is 6.60. The smallest absolute Gasteiger partial charge is 0.243 e. The summed E-state index contributed by atoms with van der Waals surface area (Å²) in [4.78, 5) is 11.9. The zero-order valence-corrected chi connectivity index (χ0v) is 13.1. The van der Waals surface area contributed by atoms with E-state index in [1.165, 1.54) is 11.6 Å². The molecule has 2 rings (SSSR count). The van der Waals surface area contributed by atoms with E-state index in [4.69, 9.17) is 0 Å². The topological polar surface area (TPSA) is 41.1 Å². The van der Waals surface area contributed by atoms with Crippen LogP contribution in [-0.4, -0.2) is 12.5 Å². The molecular formula is C18H21FN2O. The molecule has 0 atom stereocenters. The monoisotopic (exact) mass is 300 g/mol. The summed E-state index contributed by atoms with van der Waals surface area (Å²) >= 11 is 0. The van der Waals surface area contributed by atoms with E-state index >= 15 is 0 Å². The highest BCUT2D eigenvalue weighted by atomic mass is 19.1. The Labute approximate surface area is 130 Å². The number of amides is 1. The number of halogens is 1. The lowest BCUT2D eigenvalue weighted by atomic mass is 9.87. The predicted octanol–water partition coefficient (Wildman–Crippen LogP) is 4.17. The number of carbonyl (C=O) groups is 1. The van der Waals surface area contributed by atoms with Gasteiger partial charge in [-0.1, -0.05) is 45.0 Å². The number of benzene rings is 2. The third kappa shape index (κ3) is 4.32. The van der Waals surface area contributed by atoms with Gasteiger partial charge in [0.05, 0.1) is 12.2 Å². The fraction of sp³-hybridized carbons (Fsp3) is 0.278. The van der Waals surface area contributed by atoms with Crippen LogP contribution in [0, 0.1) is 5.82 Å². The molecule has 2 N–H and O–H groups in total. The van der Waals surface area contributed by atoms with Gasteiger partial charge in [-0.2, -0.15) is 0 Å². The molecule has 0 aliphatic heterocycles. The van der Waals surface area contributed by atoms with E-state index in [0.29, 0.717) is 5.69 Å². The van der Waals surface area contributed by atoms with Crippen molar-refractivity contribution in [1.29, 1.82) is 0 Å². The standard InChI is InChI=1S/C18H21FN2O/c1-18(2,3)13-8-10-14(11-9-13)21-17(22)12-20-16-7-5-4-6-15(16)19/h4-11,20H,12H2,1-3H3,(H,21,22). The first-order valence-corrected chi connectivity index (χ1v) is 7.25. The molecule has 0 spiro atoms. The third-order valence-corrected chi connectivity index (χ3v) is 3.35. The average molecular weight is 300 g/mol. The van der Waals surface area contributed by atoms with Gasteiger partial charge in [-0.3, -0.25) is 4.79 Å². The molecule has 0 radical (unpaired) electrons. The number of para-hydroxylation sites is 1. The van der Waals surface area contributed by atoms with Gasteiger partial charge in [-0.15, -0.1) is 0 Å². The molecule has 0 unspecified atom stereocenters. The van der Waals surface area contributed by atoms with E-state index in [9.17, 15) is 9.18 Å². The summed E-state index contributed by atoms with van der Waals surface area (Å²) in [7, 11) is 0. The maximum Gasteiger partial charge on any atom is 0.243 e. The van der Waals surface area contributed by atoms with Gasteiger partial charge in [0.2, 0.25) is 5.91 Å². The molecule has 4 heteroatoms. The van der Waals surface area contributed by atoms with Crippen molar-refractivity contribution in [1.82, 2.24) is 0 Å². The van der Waals surface area contributed by atoms with Crippen molar-refractivity contribution >= 4 is 17.3 Å². The molecule has 0 aliphatic carbocycles. The van der Waals surface area contributed by atoms with Crippen LogP contribution in [0.15, 0.2) is 48.5 Å². The fourth-order valence-corrected chi connectivity index (χ4v) is 2.04. The van der Waals surface area contributed by atoms with E-state index < -0.39 is 0 Å². The second-order valence-electron chi connectivity index (χ2n) is 6.21. The second-order valence-corrected chi connectivity index (χ2v) is 6.21. The van der Waals surface area contributed by atoms with Gasteiger partial charge in [-0.25, -0.2) is 4.39 Å². The van der Waals surface area contributed by atoms with Crippen LogP contribution in [0.3, 0.4) is 0 Å². The number of anilines is 2. The lowest BCUT2D eigenvalue weighted by molar-refractivity contribution is -0.114. The zero-order valence-electron chi connectivity index (χ0n) is 13.1. The summed E-state index contributed by atoms with van der Waals surface area (Å²) in [6.07, 6.45) is 0. The molecule has 0 aliphatic rings. The van der Waals surface area contributed by atoms with Crippen molar-refractivity contribution in [3.8, 4) is 0 Å².